The van der Waals surface area contributed by atoms with Crippen LogP contribution >= 0.6 is 0 Å². The molecule has 0 spiro atoms. The summed E-state index contributed by atoms with van der Waals surface area (Å²) in [5.41, 5.74) is 0.560. The van der Waals surface area contributed by atoms with E-state index in [0.29, 0.717) is 0 Å². The Bertz CT molecular complexity index is 640. The maximum atomic E-state index is 11.4. The van der Waals surface area contributed by atoms with Crippen LogP contribution in [0.2, 0.25) is 0 Å². The summed E-state index contributed by atoms with van der Waals surface area (Å²) in [4.78, 5) is 22.7. The first-order valence-electron chi connectivity index (χ1n) is 7.62. The molecule has 2 aromatic rings. The van der Waals surface area contributed by atoms with Crippen LogP contribution in [-0.4, -0.2) is 58.8 Å². The van der Waals surface area contributed by atoms with Crippen molar-refractivity contribution in [3.8, 4) is 11.5 Å². The zero-order chi connectivity index (χ0) is 19.4. The first-order chi connectivity index (χ1) is 12.5. The van der Waals surface area contributed by atoms with Gasteiger partial charge in [-0.3, -0.25) is 0 Å². The van der Waals surface area contributed by atoms with E-state index in [0.717, 1.165) is 0 Å². The average Bonchev–Trinajstić information content (AvgIpc) is 2.64. The number of aliphatic hydroxyl groups excluding tert-OH is 2. The van der Waals surface area contributed by atoms with E-state index >= 15 is 0 Å². The highest BCUT2D eigenvalue weighted by molar-refractivity contribution is 5.93. The summed E-state index contributed by atoms with van der Waals surface area (Å²) in [5.74, 6) is -0.964. The minimum atomic E-state index is -0.570. The van der Waals surface area contributed by atoms with E-state index in [2.05, 4.69) is 0 Å². The van der Waals surface area contributed by atoms with Crippen molar-refractivity contribution in [2.45, 2.75) is 0 Å². The van der Waals surface area contributed by atoms with Crippen molar-refractivity contribution in [3.63, 3.8) is 0 Å². The van der Waals surface area contributed by atoms with E-state index in [-0.39, 0.29) is 49.1 Å². The third-order valence-electron chi connectivity index (χ3n) is 2.83. The van der Waals surface area contributed by atoms with E-state index in [1.165, 1.54) is 42.5 Å². The lowest BCUT2D eigenvalue weighted by Gasteiger charge is -2.05. The van der Waals surface area contributed by atoms with E-state index in [1.807, 2.05) is 0 Å². The number of aliphatic hydroxyl groups is 2. The Morgan fingerprint density at radius 2 is 1.12 bits per heavy atom. The molecule has 0 amide bonds. The lowest BCUT2D eigenvalue weighted by molar-refractivity contribution is 0.0422. The number of rotatable bonds is 6. The van der Waals surface area contributed by atoms with Crippen molar-refractivity contribution in [3.05, 3.63) is 59.7 Å². The summed E-state index contributed by atoms with van der Waals surface area (Å²) >= 11 is 0. The van der Waals surface area contributed by atoms with Gasteiger partial charge in [-0.25, -0.2) is 9.59 Å². The molecule has 0 fully saturated rings. The third kappa shape index (κ3) is 7.65. The molecule has 0 saturated heterocycles. The van der Waals surface area contributed by atoms with Gasteiger partial charge in [0.05, 0.1) is 24.3 Å². The SMILES string of the molecule is O=C(OCCO)c1ccc(C(=O)OCCO)cc1.Oc1cccc(O)c1. The Balaban J connectivity index is 0.000000350. The van der Waals surface area contributed by atoms with Gasteiger partial charge in [0.2, 0.25) is 0 Å². The molecule has 2 aromatic carbocycles. The first kappa shape index (κ1) is 20.9. The topological polar surface area (TPSA) is 134 Å². The van der Waals surface area contributed by atoms with E-state index in [9.17, 15) is 9.59 Å². The highest BCUT2D eigenvalue weighted by atomic mass is 16.5. The number of esters is 2. The fourth-order valence-electron chi connectivity index (χ4n) is 1.68. The summed E-state index contributed by atoms with van der Waals surface area (Å²) < 4.78 is 9.41. The van der Waals surface area contributed by atoms with Gasteiger partial charge in [-0.2, -0.15) is 0 Å². The van der Waals surface area contributed by atoms with Crippen LogP contribution in [-0.2, 0) is 9.47 Å². The summed E-state index contributed by atoms with van der Waals surface area (Å²) in [6.07, 6.45) is 0. The fourth-order valence-corrected chi connectivity index (χ4v) is 1.68. The van der Waals surface area contributed by atoms with Crippen LogP contribution in [0.15, 0.2) is 48.5 Å². The van der Waals surface area contributed by atoms with Gasteiger partial charge >= 0.3 is 11.9 Å². The van der Waals surface area contributed by atoms with Crippen LogP contribution < -0.4 is 0 Å². The molecule has 0 aromatic heterocycles. The normalized spacial score (nSPS) is 9.62. The lowest BCUT2D eigenvalue weighted by atomic mass is 10.1. The zero-order valence-corrected chi connectivity index (χ0v) is 13.9. The second kappa shape index (κ2) is 11.5. The second-order valence-electron chi connectivity index (χ2n) is 4.82. The Morgan fingerprint density at radius 3 is 1.38 bits per heavy atom. The van der Waals surface area contributed by atoms with Crippen molar-refractivity contribution < 1.29 is 39.5 Å². The van der Waals surface area contributed by atoms with Gasteiger partial charge in [0.15, 0.2) is 0 Å². The standard InChI is InChI=1S/C12H14O6.C6H6O2/c13-5-7-17-11(15)9-1-2-10(4-3-9)12(16)18-8-6-14;7-5-2-1-3-6(8)4-5/h1-4,13-14H,5-8H2;1-4,7-8H. The molecular weight excluding hydrogens is 344 g/mol. The molecule has 2 rings (SSSR count). The van der Waals surface area contributed by atoms with Crippen LogP contribution in [0.1, 0.15) is 20.7 Å². The Kier molecular flexibility index (Phi) is 9.23. The lowest BCUT2D eigenvalue weighted by Crippen LogP contribution is -2.11. The smallest absolute Gasteiger partial charge is 0.338 e. The van der Waals surface area contributed by atoms with E-state index in [4.69, 9.17) is 29.9 Å². The average molecular weight is 364 g/mol. The molecular formula is C18H20O8. The summed E-state index contributed by atoms with van der Waals surface area (Å²) in [6, 6.07) is 11.6. The molecule has 8 nitrogen and oxygen atoms in total. The van der Waals surface area contributed by atoms with Gasteiger partial charge < -0.3 is 29.9 Å². The van der Waals surface area contributed by atoms with Gasteiger partial charge in [-0.1, -0.05) is 6.07 Å². The molecule has 26 heavy (non-hydrogen) atoms. The van der Waals surface area contributed by atoms with Crippen molar-refractivity contribution in [1.29, 1.82) is 0 Å². The molecule has 0 atom stereocenters. The molecule has 0 unspecified atom stereocenters. The number of phenolic OH excluding ortho intramolecular Hbond substituents is 2. The highest BCUT2D eigenvalue weighted by Crippen LogP contribution is 2.14. The molecule has 0 bridgehead atoms. The number of benzene rings is 2. The molecule has 8 heteroatoms. The monoisotopic (exact) mass is 364 g/mol. The van der Waals surface area contributed by atoms with E-state index in [1.54, 1.807) is 6.07 Å². The molecule has 0 saturated carbocycles. The predicted octanol–water partition coefficient (Wildman–Crippen LogP) is 1.08. The number of phenols is 2. The van der Waals surface area contributed by atoms with Crippen molar-refractivity contribution >= 4 is 11.9 Å². The highest BCUT2D eigenvalue weighted by Gasteiger charge is 2.10. The number of carbonyl (C=O) groups is 2. The largest absolute Gasteiger partial charge is 0.508 e. The van der Waals surface area contributed by atoms with Crippen LogP contribution in [0.25, 0.3) is 0 Å². The molecule has 140 valence electrons. The Hall–Kier alpha value is -3.10. The molecule has 0 radical (unpaired) electrons. The molecule has 0 aliphatic rings. The van der Waals surface area contributed by atoms with Crippen LogP contribution in [0.5, 0.6) is 11.5 Å². The molecule has 0 aliphatic heterocycles. The minimum Gasteiger partial charge on any atom is -0.508 e. The van der Waals surface area contributed by atoms with Crippen LogP contribution in [0.4, 0.5) is 0 Å². The van der Waals surface area contributed by atoms with Gasteiger partial charge in [-0.15, -0.1) is 0 Å². The summed E-state index contributed by atoms with van der Waals surface area (Å²) in [6.45, 7) is -0.618. The number of ether oxygens (including phenoxy) is 2. The minimum absolute atomic E-state index is 0.0703. The molecule has 0 aliphatic carbocycles. The maximum absolute atomic E-state index is 11.4. The zero-order valence-electron chi connectivity index (χ0n) is 13.9. The van der Waals surface area contributed by atoms with Crippen molar-refractivity contribution in [2.75, 3.05) is 26.4 Å². The fraction of sp³-hybridized carbons (Fsp3) is 0.222. The third-order valence-corrected chi connectivity index (χ3v) is 2.83. The summed E-state index contributed by atoms with van der Waals surface area (Å²) in [7, 11) is 0. The van der Waals surface area contributed by atoms with Gasteiger partial charge in [0, 0.05) is 6.07 Å². The number of hydrogen-bond donors (Lipinski definition) is 4. The van der Waals surface area contributed by atoms with Crippen LogP contribution in [0, 0.1) is 0 Å². The maximum Gasteiger partial charge on any atom is 0.338 e. The number of aromatic hydroxyl groups is 2. The van der Waals surface area contributed by atoms with Crippen molar-refractivity contribution in [1.82, 2.24) is 0 Å². The van der Waals surface area contributed by atoms with E-state index < -0.39 is 11.9 Å². The Labute approximate surface area is 149 Å². The molecule has 0 heterocycles. The van der Waals surface area contributed by atoms with Crippen LogP contribution in [0.3, 0.4) is 0 Å². The van der Waals surface area contributed by atoms with Gasteiger partial charge in [0.25, 0.3) is 0 Å². The van der Waals surface area contributed by atoms with Gasteiger partial charge in [0.1, 0.15) is 24.7 Å². The van der Waals surface area contributed by atoms with Crippen molar-refractivity contribution in [2.24, 2.45) is 0 Å². The second-order valence-corrected chi connectivity index (χ2v) is 4.82. The Morgan fingerprint density at radius 1 is 0.731 bits per heavy atom. The first-order valence-corrected chi connectivity index (χ1v) is 7.62. The number of carbonyl (C=O) groups excluding carboxylic acids is 2. The predicted molar refractivity (Wildman–Crippen MR) is 91.0 cm³/mol. The quantitative estimate of drug-likeness (QED) is 0.560. The number of hydrogen-bond acceptors (Lipinski definition) is 8. The summed E-state index contributed by atoms with van der Waals surface area (Å²) in [5, 5.41) is 34.3. The molecule has 4 N–H and O–H groups in total. The van der Waals surface area contributed by atoms with Gasteiger partial charge in [-0.05, 0) is 36.4 Å².